The zero-order chi connectivity index (χ0) is 30.0. The summed E-state index contributed by atoms with van der Waals surface area (Å²) < 4.78 is 11.3. The third kappa shape index (κ3) is 6.22. The molecule has 6 rings (SSSR count). The summed E-state index contributed by atoms with van der Waals surface area (Å²) in [5, 5.41) is 0. The fourth-order valence-corrected chi connectivity index (χ4v) is 6.02. The molecule has 216 valence electrons. The lowest BCUT2D eigenvalue weighted by atomic mass is 9.97. The van der Waals surface area contributed by atoms with Crippen LogP contribution in [0.15, 0.2) is 121 Å². The Morgan fingerprint density at radius 3 is 1.42 bits per heavy atom. The van der Waals surface area contributed by atoms with Crippen LogP contribution in [0.5, 0.6) is 0 Å². The van der Waals surface area contributed by atoms with Gasteiger partial charge in [0.15, 0.2) is 0 Å². The van der Waals surface area contributed by atoms with Crippen LogP contribution in [0.2, 0.25) is 0 Å². The molecule has 6 aromatic rings. The van der Waals surface area contributed by atoms with E-state index in [4.69, 9.17) is 8.75 Å². The summed E-state index contributed by atoms with van der Waals surface area (Å²) in [5.74, 6) is 0. The van der Waals surface area contributed by atoms with Gasteiger partial charge in [0.05, 0.1) is 47.0 Å². The van der Waals surface area contributed by atoms with Gasteiger partial charge in [0.1, 0.15) is 29.8 Å². The highest BCUT2D eigenvalue weighted by atomic mass is 32.1. The fourth-order valence-electron chi connectivity index (χ4n) is 5.45. The number of aromatic nitrogens is 2. The van der Waals surface area contributed by atoms with Gasteiger partial charge in [-0.2, -0.15) is 8.75 Å². The second-order valence-corrected chi connectivity index (χ2v) is 13.2. The number of fused-ring (bicyclic) bond motifs is 1. The molecule has 0 aliphatic rings. The molecule has 0 fully saturated rings. The summed E-state index contributed by atoms with van der Waals surface area (Å²) in [6.07, 6.45) is 0. The first-order valence-corrected chi connectivity index (χ1v) is 15.4. The van der Waals surface area contributed by atoms with Crippen LogP contribution < -0.4 is 9.38 Å². The van der Waals surface area contributed by atoms with Crippen molar-refractivity contribution >= 4 is 45.5 Å². The Hall–Kier alpha value is -4.36. The SMILES string of the molecule is C[N+](C)(C)CC[N+](C)(C)c1ccc(-c2ccc(-c3ccc(N(c4ccccc4)c4ccccc4)cc3)c3nsnc23)cc1. The number of likely N-dealkylation sites (N-methyl/N-ethyl adjacent to an activating group) is 2. The summed E-state index contributed by atoms with van der Waals surface area (Å²) in [7, 11) is 11.3. The van der Waals surface area contributed by atoms with Crippen LogP contribution in [-0.2, 0) is 0 Å². The predicted molar refractivity (Wildman–Crippen MR) is 184 cm³/mol. The molecule has 0 N–H and O–H groups in total. The van der Waals surface area contributed by atoms with Crippen LogP contribution in [-0.4, -0.2) is 61.6 Å². The lowest BCUT2D eigenvalue weighted by Crippen LogP contribution is -2.49. The van der Waals surface area contributed by atoms with E-state index in [1.165, 1.54) is 17.4 Å². The van der Waals surface area contributed by atoms with Gasteiger partial charge in [-0.1, -0.05) is 60.7 Å². The maximum absolute atomic E-state index is 4.75. The van der Waals surface area contributed by atoms with E-state index in [0.717, 1.165) is 72.4 Å². The van der Waals surface area contributed by atoms with Crippen LogP contribution in [0, 0.1) is 0 Å². The first-order chi connectivity index (χ1) is 20.7. The van der Waals surface area contributed by atoms with Gasteiger partial charge >= 0.3 is 0 Å². The molecule has 0 aliphatic heterocycles. The normalized spacial score (nSPS) is 12.0. The fraction of sp³-hybridized carbons (Fsp3) is 0.189. The van der Waals surface area contributed by atoms with Crippen molar-refractivity contribution in [2.75, 3.05) is 53.2 Å². The van der Waals surface area contributed by atoms with Gasteiger partial charge in [-0.3, -0.25) is 4.48 Å². The van der Waals surface area contributed by atoms with Crippen LogP contribution >= 0.6 is 11.7 Å². The Balaban J connectivity index is 1.30. The third-order valence-corrected chi connectivity index (χ3v) is 8.62. The van der Waals surface area contributed by atoms with Gasteiger partial charge < -0.3 is 9.38 Å². The van der Waals surface area contributed by atoms with E-state index in [1.807, 2.05) is 0 Å². The number of rotatable bonds is 9. The number of anilines is 3. The van der Waals surface area contributed by atoms with E-state index in [0.29, 0.717) is 0 Å². The molecule has 43 heavy (non-hydrogen) atoms. The number of hydrogen-bond acceptors (Lipinski definition) is 4. The summed E-state index contributed by atoms with van der Waals surface area (Å²) in [6.45, 7) is 2.18. The summed E-state index contributed by atoms with van der Waals surface area (Å²) in [4.78, 5) is 2.28. The summed E-state index contributed by atoms with van der Waals surface area (Å²) in [5.41, 5.74) is 11.1. The second-order valence-electron chi connectivity index (χ2n) is 12.6. The van der Waals surface area contributed by atoms with Gasteiger partial charge in [-0.25, -0.2) is 0 Å². The number of quaternary nitrogens is 2. The third-order valence-electron chi connectivity index (χ3n) is 8.09. The van der Waals surface area contributed by atoms with Crippen molar-refractivity contribution < 1.29 is 4.48 Å². The molecule has 5 nitrogen and oxygen atoms in total. The van der Waals surface area contributed by atoms with Crippen LogP contribution in [0.25, 0.3) is 33.3 Å². The average Bonchev–Trinajstić information content (AvgIpc) is 3.52. The minimum absolute atomic E-state index is 0.852. The van der Waals surface area contributed by atoms with E-state index in [9.17, 15) is 0 Å². The topological polar surface area (TPSA) is 29.0 Å². The van der Waals surface area contributed by atoms with Crippen molar-refractivity contribution in [3.8, 4) is 22.3 Å². The zero-order valence-electron chi connectivity index (χ0n) is 25.6. The Kier molecular flexibility index (Phi) is 7.84. The van der Waals surface area contributed by atoms with Gasteiger partial charge in [-0.05, 0) is 71.8 Å². The van der Waals surface area contributed by atoms with Crippen LogP contribution in [0.3, 0.4) is 0 Å². The van der Waals surface area contributed by atoms with E-state index < -0.39 is 0 Å². The van der Waals surface area contributed by atoms with E-state index in [2.05, 4.69) is 161 Å². The van der Waals surface area contributed by atoms with Crippen LogP contribution in [0.4, 0.5) is 22.7 Å². The van der Waals surface area contributed by atoms with Crippen molar-refractivity contribution in [1.29, 1.82) is 0 Å². The number of hydrogen-bond donors (Lipinski definition) is 0. The lowest BCUT2D eigenvalue weighted by molar-refractivity contribution is -0.869. The standard InChI is InChI=1S/C37H39N5S/c1-41(2,3)26-27-42(4,5)33-22-18-29(19-23-33)35-25-24-34(36-37(35)39-43-38-36)28-16-20-32(21-17-28)40(30-12-8-6-9-13-30)31-14-10-7-11-15-31/h6-25H,26-27H2,1-5H3/q+2. The maximum Gasteiger partial charge on any atom is 0.133 e. The number of para-hydroxylation sites is 2. The van der Waals surface area contributed by atoms with Crippen LogP contribution in [0.1, 0.15) is 0 Å². The monoisotopic (exact) mass is 585 g/mol. The molecule has 0 aliphatic carbocycles. The van der Waals surface area contributed by atoms with E-state index in [-0.39, 0.29) is 0 Å². The molecule has 0 unspecified atom stereocenters. The molecule has 1 aromatic heterocycles. The molecular weight excluding hydrogens is 547 g/mol. The molecule has 6 heteroatoms. The Labute approximate surface area is 259 Å². The van der Waals surface area contributed by atoms with Gasteiger partial charge in [0, 0.05) is 28.2 Å². The van der Waals surface area contributed by atoms with Crippen molar-refractivity contribution in [2.45, 2.75) is 0 Å². The second kappa shape index (κ2) is 11.7. The first kappa shape index (κ1) is 28.7. The Bertz CT molecular complexity index is 1760. The molecule has 0 saturated carbocycles. The number of nitrogens with zero attached hydrogens (tertiary/aromatic N) is 5. The minimum Gasteiger partial charge on any atom is -0.326 e. The van der Waals surface area contributed by atoms with Crippen molar-refractivity contribution in [3.05, 3.63) is 121 Å². The van der Waals surface area contributed by atoms with Gasteiger partial charge in [0.25, 0.3) is 0 Å². The summed E-state index contributed by atoms with van der Waals surface area (Å²) in [6, 6.07) is 43.1. The van der Waals surface area contributed by atoms with E-state index in [1.54, 1.807) is 0 Å². The molecule has 0 bridgehead atoms. The highest BCUT2D eigenvalue weighted by Gasteiger charge is 2.23. The Morgan fingerprint density at radius 2 is 0.953 bits per heavy atom. The highest BCUT2D eigenvalue weighted by Crippen LogP contribution is 2.38. The largest absolute Gasteiger partial charge is 0.326 e. The molecular formula is C37H39N5S+2. The van der Waals surface area contributed by atoms with Crippen molar-refractivity contribution in [2.24, 2.45) is 0 Å². The first-order valence-electron chi connectivity index (χ1n) is 14.7. The average molecular weight is 586 g/mol. The number of benzene rings is 5. The van der Waals surface area contributed by atoms with Crippen molar-refractivity contribution in [3.63, 3.8) is 0 Å². The maximum atomic E-state index is 4.75. The predicted octanol–water partition coefficient (Wildman–Crippen LogP) is 8.77. The molecule has 0 spiro atoms. The molecule has 0 saturated heterocycles. The van der Waals surface area contributed by atoms with Gasteiger partial charge in [-0.15, -0.1) is 0 Å². The smallest absolute Gasteiger partial charge is 0.133 e. The molecule has 1 heterocycles. The Morgan fingerprint density at radius 1 is 0.512 bits per heavy atom. The molecule has 0 radical (unpaired) electrons. The highest BCUT2D eigenvalue weighted by molar-refractivity contribution is 7.00. The minimum atomic E-state index is 0.852. The summed E-state index contributed by atoms with van der Waals surface area (Å²) >= 11 is 1.28. The van der Waals surface area contributed by atoms with Gasteiger partial charge in [0.2, 0.25) is 0 Å². The molecule has 5 aromatic carbocycles. The van der Waals surface area contributed by atoms with Crippen molar-refractivity contribution in [1.82, 2.24) is 13.2 Å². The molecule has 0 amide bonds. The zero-order valence-corrected chi connectivity index (χ0v) is 26.4. The lowest BCUT2D eigenvalue weighted by Gasteiger charge is -2.33. The molecule has 0 atom stereocenters. The quantitative estimate of drug-likeness (QED) is 0.159. The van der Waals surface area contributed by atoms with E-state index >= 15 is 0 Å².